The van der Waals surface area contributed by atoms with Gasteiger partial charge in [-0.05, 0) is 25.0 Å². The minimum Gasteiger partial charge on any atom is -0.268 e. The molecule has 19 heavy (non-hydrogen) atoms. The monoisotopic (exact) mass is 263 g/mol. The number of rotatable bonds is 6. The van der Waals surface area contributed by atoms with Crippen LogP contribution in [0.4, 0.5) is 0 Å². The molecule has 0 saturated carbocycles. The third-order valence-corrected chi connectivity index (χ3v) is 3.29. The highest BCUT2D eigenvalue weighted by atomic mass is 17.1. The third-order valence-electron chi connectivity index (χ3n) is 3.29. The molecular weight excluding hydrogens is 246 g/mol. The summed E-state index contributed by atoms with van der Waals surface area (Å²) in [5, 5.41) is 8.95. The van der Waals surface area contributed by atoms with E-state index in [1.807, 2.05) is 0 Å². The van der Waals surface area contributed by atoms with E-state index in [2.05, 4.69) is 11.8 Å². The van der Waals surface area contributed by atoms with Crippen LogP contribution in [0, 0.1) is 0 Å². The fourth-order valence-corrected chi connectivity index (χ4v) is 2.27. The van der Waals surface area contributed by atoms with Gasteiger partial charge in [0.25, 0.3) is 11.8 Å². The van der Waals surface area contributed by atoms with Crippen LogP contribution in [0.25, 0.3) is 0 Å². The van der Waals surface area contributed by atoms with E-state index < -0.39 is 18.0 Å². The van der Waals surface area contributed by atoms with E-state index in [0.29, 0.717) is 17.5 Å². The van der Waals surface area contributed by atoms with Crippen LogP contribution >= 0.6 is 0 Å². The van der Waals surface area contributed by atoms with Crippen molar-refractivity contribution in [1.82, 2.24) is 4.90 Å². The zero-order valence-electron chi connectivity index (χ0n) is 10.8. The summed E-state index contributed by atoms with van der Waals surface area (Å²) in [7, 11) is 0. The molecule has 5 heteroatoms. The van der Waals surface area contributed by atoms with Crippen molar-refractivity contribution in [3.63, 3.8) is 0 Å². The van der Waals surface area contributed by atoms with Crippen LogP contribution in [0.15, 0.2) is 24.3 Å². The second-order valence-corrected chi connectivity index (χ2v) is 4.58. The standard InChI is InChI=1S/C14H17NO4/c1-2-3-4-9-12(19-18)15-13(16)10-7-5-6-8-11(10)14(15)17/h5-8,12,18H,2-4,9H2,1H3. The Labute approximate surface area is 111 Å². The van der Waals surface area contributed by atoms with Crippen LogP contribution < -0.4 is 0 Å². The molecule has 0 radical (unpaired) electrons. The number of unbranched alkanes of at least 4 members (excludes halogenated alkanes) is 2. The predicted octanol–water partition coefficient (Wildman–Crippen LogP) is 2.68. The van der Waals surface area contributed by atoms with Gasteiger partial charge in [-0.2, -0.15) is 0 Å². The lowest BCUT2D eigenvalue weighted by Crippen LogP contribution is -2.41. The quantitative estimate of drug-likeness (QED) is 0.371. The van der Waals surface area contributed by atoms with Crippen LogP contribution in [0.3, 0.4) is 0 Å². The molecule has 0 aromatic heterocycles. The molecule has 2 amide bonds. The Morgan fingerprint density at radius 1 is 1.16 bits per heavy atom. The first-order chi connectivity index (χ1) is 9.20. The van der Waals surface area contributed by atoms with E-state index in [1.54, 1.807) is 24.3 Å². The lowest BCUT2D eigenvalue weighted by atomic mass is 10.1. The molecule has 0 fully saturated rings. The van der Waals surface area contributed by atoms with Crippen LogP contribution in [0.2, 0.25) is 0 Å². The molecule has 0 saturated heterocycles. The first-order valence-electron chi connectivity index (χ1n) is 6.47. The summed E-state index contributed by atoms with van der Waals surface area (Å²) < 4.78 is 0. The maximum Gasteiger partial charge on any atom is 0.263 e. The summed E-state index contributed by atoms with van der Waals surface area (Å²) in [4.78, 5) is 29.6. The van der Waals surface area contributed by atoms with Gasteiger partial charge in [0, 0.05) is 0 Å². The number of amides is 2. The molecule has 1 unspecified atom stereocenters. The van der Waals surface area contributed by atoms with Gasteiger partial charge in [-0.15, -0.1) is 0 Å². The fourth-order valence-electron chi connectivity index (χ4n) is 2.27. The SMILES string of the molecule is CCCCCC(OO)N1C(=O)c2ccccc2C1=O. The van der Waals surface area contributed by atoms with Gasteiger partial charge in [0.2, 0.25) is 0 Å². The Morgan fingerprint density at radius 3 is 2.21 bits per heavy atom. The summed E-state index contributed by atoms with van der Waals surface area (Å²) in [6.07, 6.45) is 2.30. The average Bonchev–Trinajstić information content (AvgIpc) is 2.69. The Kier molecular flexibility index (Phi) is 4.29. The molecular formula is C14H17NO4. The van der Waals surface area contributed by atoms with Gasteiger partial charge >= 0.3 is 0 Å². The van der Waals surface area contributed by atoms with Gasteiger partial charge in [0.1, 0.15) is 0 Å². The fraction of sp³-hybridized carbons (Fsp3) is 0.429. The van der Waals surface area contributed by atoms with Crippen molar-refractivity contribution in [2.45, 2.75) is 38.8 Å². The zero-order chi connectivity index (χ0) is 13.8. The van der Waals surface area contributed by atoms with Crippen molar-refractivity contribution in [2.75, 3.05) is 0 Å². The van der Waals surface area contributed by atoms with Crippen molar-refractivity contribution in [3.8, 4) is 0 Å². The van der Waals surface area contributed by atoms with E-state index in [-0.39, 0.29) is 0 Å². The highest BCUT2D eigenvalue weighted by Gasteiger charge is 2.40. The number of benzene rings is 1. The number of hydrogen-bond acceptors (Lipinski definition) is 4. The summed E-state index contributed by atoms with van der Waals surface area (Å²) in [5.74, 6) is -0.813. The zero-order valence-corrected chi connectivity index (χ0v) is 10.8. The van der Waals surface area contributed by atoms with E-state index in [0.717, 1.165) is 24.2 Å². The summed E-state index contributed by atoms with van der Waals surface area (Å²) >= 11 is 0. The van der Waals surface area contributed by atoms with Crippen molar-refractivity contribution in [2.24, 2.45) is 0 Å². The molecule has 5 nitrogen and oxygen atoms in total. The van der Waals surface area contributed by atoms with Gasteiger partial charge in [-0.1, -0.05) is 31.9 Å². The Balaban J connectivity index is 2.17. The highest BCUT2D eigenvalue weighted by Crippen LogP contribution is 2.26. The molecule has 1 aromatic rings. The van der Waals surface area contributed by atoms with Crippen LogP contribution in [-0.2, 0) is 4.89 Å². The Bertz CT molecular complexity index is 451. The smallest absolute Gasteiger partial charge is 0.263 e. The van der Waals surface area contributed by atoms with E-state index in [4.69, 9.17) is 5.26 Å². The lowest BCUT2D eigenvalue weighted by Gasteiger charge is -2.22. The van der Waals surface area contributed by atoms with Gasteiger partial charge in [0.15, 0.2) is 6.23 Å². The lowest BCUT2D eigenvalue weighted by molar-refractivity contribution is -0.301. The highest BCUT2D eigenvalue weighted by molar-refractivity contribution is 6.21. The van der Waals surface area contributed by atoms with Crippen LogP contribution in [0.5, 0.6) is 0 Å². The van der Waals surface area contributed by atoms with E-state index >= 15 is 0 Å². The number of nitrogens with zero attached hydrogens (tertiary/aromatic N) is 1. The van der Waals surface area contributed by atoms with Gasteiger partial charge in [-0.25, -0.2) is 15.0 Å². The molecule has 1 N–H and O–H groups in total. The first kappa shape index (κ1) is 13.7. The molecule has 0 bridgehead atoms. The molecule has 1 atom stereocenters. The number of hydrogen-bond donors (Lipinski definition) is 1. The van der Waals surface area contributed by atoms with Crippen LogP contribution in [-0.4, -0.2) is 28.2 Å². The normalized spacial score (nSPS) is 15.8. The number of carbonyl (C=O) groups is 2. The first-order valence-corrected chi connectivity index (χ1v) is 6.47. The Morgan fingerprint density at radius 2 is 1.74 bits per heavy atom. The maximum atomic E-state index is 12.2. The van der Waals surface area contributed by atoms with Gasteiger partial charge in [0.05, 0.1) is 11.1 Å². The molecule has 2 rings (SSSR count). The predicted molar refractivity (Wildman–Crippen MR) is 68.6 cm³/mol. The van der Waals surface area contributed by atoms with Gasteiger partial charge in [-0.3, -0.25) is 9.59 Å². The van der Waals surface area contributed by atoms with Crippen molar-refractivity contribution < 1.29 is 19.7 Å². The molecule has 0 spiro atoms. The van der Waals surface area contributed by atoms with E-state index in [9.17, 15) is 9.59 Å². The van der Waals surface area contributed by atoms with Crippen LogP contribution in [0.1, 0.15) is 53.3 Å². The average molecular weight is 263 g/mol. The number of imide groups is 1. The van der Waals surface area contributed by atoms with Crippen molar-refractivity contribution in [1.29, 1.82) is 0 Å². The minimum atomic E-state index is -0.904. The Hall–Kier alpha value is -1.72. The third kappa shape index (κ3) is 2.52. The molecule has 1 aromatic carbocycles. The number of fused-ring (bicyclic) bond motifs is 1. The minimum absolute atomic E-state index is 0.366. The van der Waals surface area contributed by atoms with Gasteiger partial charge < -0.3 is 0 Å². The van der Waals surface area contributed by atoms with E-state index in [1.165, 1.54) is 0 Å². The maximum absolute atomic E-state index is 12.2. The summed E-state index contributed by atoms with van der Waals surface area (Å²) in [6.45, 7) is 2.05. The summed E-state index contributed by atoms with van der Waals surface area (Å²) in [5.41, 5.74) is 0.732. The topological polar surface area (TPSA) is 66.8 Å². The molecule has 1 heterocycles. The van der Waals surface area contributed by atoms with Crippen molar-refractivity contribution in [3.05, 3.63) is 35.4 Å². The molecule has 0 aliphatic carbocycles. The number of carbonyl (C=O) groups excluding carboxylic acids is 2. The second-order valence-electron chi connectivity index (χ2n) is 4.58. The summed E-state index contributed by atoms with van der Waals surface area (Å²) in [6, 6.07) is 6.63. The second kappa shape index (κ2) is 5.95. The molecule has 102 valence electrons. The molecule has 1 aliphatic heterocycles. The van der Waals surface area contributed by atoms with Crippen molar-refractivity contribution >= 4 is 11.8 Å². The largest absolute Gasteiger partial charge is 0.268 e. The molecule has 1 aliphatic rings.